The third kappa shape index (κ3) is 5.65. The largest absolute Gasteiger partial charge is 0.455 e. The topological polar surface area (TPSA) is 38.9 Å². The van der Waals surface area contributed by atoms with Crippen LogP contribution in [0.4, 0.5) is 0 Å². The molecule has 0 unspecified atom stereocenters. The van der Waals surface area contributed by atoms with Gasteiger partial charge in [-0.05, 0) is 63.0 Å². The standard InChI is InChI=1S/C50H32N2O/c1-4-12-33(13-5-1)40-28-29-48-44(30-40)45-31-43(41-18-10-11-19-42(41)49(45)53-48)36-24-20-34(21-25-36)35-22-26-38(27-23-35)47-32-46(37-14-6-2-7-15-37)51-50(52-47)39-16-8-3-9-17-39/h1-32H. The Hall–Kier alpha value is -7.10. The van der Waals surface area contributed by atoms with Crippen LogP contribution in [0.25, 0.3) is 100.0 Å². The third-order valence-corrected chi connectivity index (χ3v) is 10.1. The van der Waals surface area contributed by atoms with Crippen LogP contribution in [0.3, 0.4) is 0 Å². The molecule has 248 valence electrons. The summed E-state index contributed by atoms with van der Waals surface area (Å²) in [6.07, 6.45) is 0. The van der Waals surface area contributed by atoms with Crippen LogP contribution in [0.2, 0.25) is 0 Å². The van der Waals surface area contributed by atoms with Gasteiger partial charge in [0.05, 0.1) is 11.4 Å². The van der Waals surface area contributed by atoms with E-state index >= 15 is 0 Å². The lowest BCUT2D eigenvalue weighted by Crippen LogP contribution is -1.95. The second kappa shape index (κ2) is 12.9. The first-order chi connectivity index (χ1) is 26.2. The lowest BCUT2D eigenvalue weighted by Gasteiger charge is -2.11. The van der Waals surface area contributed by atoms with E-state index in [9.17, 15) is 0 Å². The molecule has 0 aliphatic rings. The van der Waals surface area contributed by atoms with Gasteiger partial charge in [-0.1, -0.05) is 170 Å². The molecule has 0 N–H and O–H groups in total. The van der Waals surface area contributed by atoms with Crippen molar-refractivity contribution >= 4 is 32.7 Å². The minimum atomic E-state index is 0.715. The van der Waals surface area contributed by atoms with Gasteiger partial charge in [-0.15, -0.1) is 0 Å². The molecule has 2 aromatic heterocycles. The summed E-state index contributed by atoms with van der Waals surface area (Å²) in [5.74, 6) is 0.715. The van der Waals surface area contributed by atoms with E-state index in [1.165, 1.54) is 27.6 Å². The molecular formula is C50H32N2O. The van der Waals surface area contributed by atoms with Gasteiger partial charge < -0.3 is 4.42 Å². The van der Waals surface area contributed by atoms with Gasteiger partial charge >= 0.3 is 0 Å². The first-order valence-corrected chi connectivity index (χ1v) is 17.9. The zero-order valence-electron chi connectivity index (χ0n) is 28.8. The Balaban J connectivity index is 1.01. The zero-order valence-corrected chi connectivity index (χ0v) is 28.8. The summed E-state index contributed by atoms with van der Waals surface area (Å²) >= 11 is 0. The van der Waals surface area contributed by atoms with E-state index in [2.05, 4.69) is 158 Å². The van der Waals surface area contributed by atoms with Crippen molar-refractivity contribution < 1.29 is 4.42 Å². The van der Waals surface area contributed by atoms with Crippen molar-refractivity contribution in [3.63, 3.8) is 0 Å². The molecule has 0 atom stereocenters. The first-order valence-electron chi connectivity index (χ1n) is 17.9. The minimum Gasteiger partial charge on any atom is -0.455 e. The first kappa shape index (κ1) is 30.7. The number of hydrogen-bond acceptors (Lipinski definition) is 3. The molecule has 3 heteroatoms. The van der Waals surface area contributed by atoms with Crippen LogP contribution in [-0.2, 0) is 0 Å². The highest BCUT2D eigenvalue weighted by Crippen LogP contribution is 2.41. The van der Waals surface area contributed by atoms with Crippen molar-refractivity contribution in [1.82, 2.24) is 9.97 Å². The molecule has 8 aromatic carbocycles. The van der Waals surface area contributed by atoms with Crippen LogP contribution in [0.15, 0.2) is 199 Å². The number of fused-ring (bicyclic) bond motifs is 5. The van der Waals surface area contributed by atoms with Crippen LogP contribution >= 0.6 is 0 Å². The van der Waals surface area contributed by atoms with Gasteiger partial charge in [0.1, 0.15) is 11.2 Å². The molecule has 0 saturated heterocycles. The number of aromatic nitrogens is 2. The number of furan rings is 1. The van der Waals surface area contributed by atoms with Gasteiger partial charge in [0.25, 0.3) is 0 Å². The molecule has 0 spiro atoms. The second-order valence-electron chi connectivity index (χ2n) is 13.4. The number of rotatable bonds is 6. The predicted octanol–water partition coefficient (Wildman–Crippen LogP) is 13.5. The molecule has 0 amide bonds. The van der Waals surface area contributed by atoms with Crippen molar-refractivity contribution in [2.75, 3.05) is 0 Å². The summed E-state index contributed by atoms with van der Waals surface area (Å²) < 4.78 is 6.52. The fourth-order valence-corrected chi connectivity index (χ4v) is 7.39. The van der Waals surface area contributed by atoms with E-state index in [1.54, 1.807) is 0 Å². The van der Waals surface area contributed by atoms with Gasteiger partial charge in [-0.25, -0.2) is 9.97 Å². The van der Waals surface area contributed by atoms with Crippen molar-refractivity contribution in [2.24, 2.45) is 0 Å². The lowest BCUT2D eigenvalue weighted by molar-refractivity contribution is 0.673. The quantitative estimate of drug-likeness (QED) is 0.176. The Labute approximate surface area is 307 Å². The van der Waals surface area contributed by atoms with Crippen LogP contribution in [0.1, 0.15) is 0 Å². The molecule has 0 fully saturated rings. The van der Waals surface area contributed by atoms with Gasteiger partial charge in [-0.3, -0.25) is 0 Å². The van der Waals surface area contributed by atoms with Crippen molar-refractivity contribution in [3.8, 4) is 67.3 Å². The molecule has 3 nitrogen and oxygen atoms in total. The Bertz CT molecular complexity index is 2840. The summed E-state index contributed by atoms with van der Waals surface area (Å²) in [7, 11) is 0. The minimum absolute atomic E-state index is 0.715. The van der Waals surface area contributed by atoms with E-state index in [4.69, 9.17) is 14.4 Å². The Morgan fingerprint density at radius 2 is 0.774 bits per heavy atom. The average molecular weight is 677 g/mol. The van der Waals surface area contributed by atoms with Gasteiger partial charge in [0.15, 0.2) is 5.82 Å². The van der Waals surface area contributed by atoms with Crippen LogP contribution in [0, 0.1) is 0 Å². The lowest BCUT2D eigenvalue weighted by atomic mass is 9.93. The molecule has 0 bridgehead atoms. The maximum Gasteiger partial charge on any atom is 0.160 e. The monoisotopic (exact) mass is 676 g/mol. The second-order valence-corrected chi connectivity index (χ2v) is 13.4. The SMILES string of the molecule is c1ccc(-c2ccc3oc4c5ccccc5c(-c5ccc(-c6ccc(-c7cc(-c8ccccc8)nc(-c8ccccc8)n7)cc6)cc5)cc4c3c2)cc1. The molecule has 0 aliphatic carbocycles. The number of nitrogens with zero attached hydrogens (tertiary/aromatic N) is 2. The van der Waals surface area contributed by atoms with Crippen LogP contribution in [-0.4, -0.2) is 9.97 Å². The highest BCUT2D eigenvalue weighted by atomic mass is 16.3. The Kier molecular flexibility index (Phi) is 7.47. The van der Waals surface area contributed by atoms with E-state index < -0.39 is 0 Å². The smallest absolute Gasteiger partial charge is 0.160 e. The number of hydrogen-bond donors (Lipinski definition) is 0. The van der Waals surface area contributed by atoms with E-state index in [0.717, 1.165) is 66.5 Å². The van der Waals surface area contributed by atoms with E-state index in [-0.39, 0.29) is 0 Å². The zero-order chi connectivity index (χ0) is 35.1. The average Bonchev–Trinajstić information content (AvgIpc) is 3.62. The van der Waals surface area contributed by atoms with Gasteiger partial charge in [0.2, 0.25) is 0 Å². The highest BCUT2D eigenvalue weighted by Gasteiger charge is 2.16. The Morgan fingerprint density at radius 3 is 1.42 bits per heavy atom. The van der Waals surface area contributed by atoms with Crippen molar-refractivity contribution in [1.29, 1.82) is 0 Å². The van der Waals surface area contributed by atoms with Crippen molar-refractivity contribution in [3.05, 3.63) is 194 Å². The maximum absolute atomic E-state index is 6.52. The molecular weight excluding hydrogens is 645 g/mol. The number of benzene rings is 8. The predicted molar refractivity (Wildman–Crippen MR) is 219 cm³/mol. The molecule has 0 aliphatic heterocycles. The van der Waals surface area contributed by atoms with Crippen LogP contribution < -0.4 is 0 Å². The fourth-order valence-electron chi connectivity index (χ4n) is 7.39. The third-order valence-electron chi connectivity index (χ3n) is 10.1. The summed E-state index contributed by atoms with van der Waals surface area (Å²) in [5.41, 5.74) is 13.8. The van der Waals surface area contributed by atoms with Crippen LogP contribution in [0.5, 0.6) is 0 Å². The Morgan fingerprint density at radius 1 is 0.302 bits per heavy atom. The van der Waals surface area contributed by atoms with E-state index in [1.807, 2.05) is 36.4 Å². The maximum atomic E-state index is 6.52. The van der Waals surface area contributed by atoms with Gasteiger partial charge in [-0.2, -0.15) is 0 Å². The summed E-state index contributed by atoms with van der Waals surface area (Å²) in [6.45, 7) is 0. The van der Waals surface area contributed by atoms with Crippen molar-refractivity contribution in [2.45, 2.75) is 0 Å². The summed E-state index contributed by atoms with van der Waals surface area (Å²) in [6, 6.07) is 68.0. The molecule has 10 rings (SSSR count). The normalized spacial score (nSPS) is 11.4. The van der Waals surface area contributed by atoms with Gasteiger partial charge in [0, 0.05) is 32.8 Å². The fraction of sp³-hybridized carbons (Fsp3) is 0. The highest BCUT2D eigenvalue weighted by molar-refractivity contribution is 6.19. The molecule has 0 radical (unpaired) electrons. The molecule has 2 heterocycles. The molecule has 10 aromatic rings. The summed E-state index contributed by atoms with van der Waals surface area (Å²) in [5, 5.41) is 4.55. The molecule has 53 heavy (non-hydrogen) atoms. The summed E-state index contributed by atoms with van der Waals surface area (Å²) in [4.78, 5) is 9.96. The van der Waals surface area contributed by atoms with E-state index in [0.29, 0.717) is 5.82 Å². The molecule has 0 saturated carbocycles.